The first kappa shape index (κ1) is 13.8. The molecule has 0 N–H and O–H groups in total. The average molecular weight is 265 g/mol. The average Bonchev–Trinajstić information content (AvgIpc) is 2.48. The third-order valence-electron chi connectivity index (χ3n) is 3.32. The summed E-state index contributed by atoms with van der Waals surface area (Å²) in [5.74, 6) is -0.362. The van der Waals surface area contributed by atoms with Crippen LogP contribution in [-0.4, -0.2) is 5.97 Å². The fourth-order valence-corrected chi connectivity index (χ4v) is 1.95. The second-order valence-electron chi connectivity index (χ2n) is 4.59. The first-order valence-corrected chi connectivity index (χ1v) is 6.35. The van der Waals surface area contributed by atoms with Gasteiger partial charge in [-0.2, -0.15) is 5.26 Å². The molecule has 20 heavy (non-hydrogen) atoms. The number of rotatable bonds is 3. The van der Waals surface area contributed by atoms with E-state index in [9.17, 15) is 4.79 Å². The zero-order valence-corrected chi connectivity index (χ0v) is 11.5. The van der Waals surface area contributed by atoms with E-state index in [1.165, 1.54) is 0 Å². The highest BCUT2D eigenvalue weighted by atomic mass is 16.5. The number of hydrogen-bond donors (Lipinski definition) is 0. The normalized spacial score (nSPS) is 9.85. The fraction of sp³-hybridized carbons (Fsp3) is 0.176. The number of esters is 1. The lowest BCUT2D eigenvalue weighted by Crippen LogP contribution is -2.08. The lowest BCUT2D eigenvalue weighted by atomic mass is 10.0. The SMILES string of the molecule is Cc1cccc(C(=O)OCc2ccccc2C#N)c1C. The lowest BCUT2D eigenvalue weighted by molar-refractivity contribution is 0.0471. The number of hydrogen-bond acceptors (Lipinski definition) is 3. The maximum absolute atomic E-state index is 12.1. The summed E-state index contributed by atoms with van der Waals surface area (Å²) in [6.45, 7) is 3.96. The van der Waals surface area contributed by atoms with E-state index in [1.54, 1.807) is 24.3 Å². The molecule has 3 nitrogen and oxygen atoms in total. The minimum absolute atomic E-state index is 0.107. The van der Waals surface area contributed by atoms with Crippen molar-refractivity contribution in [1.29, 1.82) is 5.26 Å². The molecule has 0 aliphatic rings. The van der Waals surface area contributed by atoms with E-state index in [2.05, 4.69) is 6.07 Å². The van der Waals surface area contributed by atoms with Crippen molar-refractivity contribution in [1.82, 2.24) is 0 Å². The van der Waals surface area contributed by atoms with E-state index in [1.807, 2.05) is 32.0 Å². The molecule has 100 valence electrons. The second kappa shape index (κ2) is 6.03. The molecule has 0 aliphatic carbocycles. The molecular weight excluding hydrogens is 250 g/mol. The fourth-order valence-electron chi connectivity index (χ4n) is 1.95. The zero-order valence-electron chi connectivity index (χ0n) is 11.5. The molecule has 0 aromatic heterocycles. The van der Waals surface area contributed by atoms with Crippen LogP contribution in [0.15, 0.2) is 42.5 Å². The topological polar surface area (TPSA) is 50.1 Å². The summed E-state index contributed by atoms with van der Waals surface area (Å²) in [5, 5.41) is 8.99. The maximum Gasteiger partial charge on any atom is 0.338 e. The van der Waals surface area contributed by atoms with Gasteiger partial charge in [-0.15, -0.1) is 0 Å². The van der Waals surface area contributed by atoms with Gasteiger partial charge in [-0.3, -0.25) is 0 Å². The van der Waals surface area contributed by atoms with E-state index >= 15 is 0 Å². The maximum atomic E-state index is 12.1. The Balaban J connectivity index is 2.13. The van der Waals surface area contributed by atoms with E-state index in [0.29, 0.717) is 16.7 Å². The Labute approximate surface area is 118 Å². The molecule has 0 spiro atoms. The summed E-state index contributed by atoms with van der Waals surface area (Å²) in [6.07, 6.45) is 0. The molecule has 0 bridgehead atoms. The molecule has 0 atom stereocenters. The van der Waals surface area contributed by atoms with Crippen LogP contribution in [0.5, 0.6) is 0 Å². The van der Waals surface area contributed by atoms with Crippen molar-refractivity contribution in [2.75, 3.05) is 0 Å². The molecular formula is C17H15NO2. The van der Waals surface area contributed by atoms with E-state index in [-0.39, 0.29) is 12.6 Å². The first-order valence-electron chi connectivity index (χ1n) is 6.35. The van der Waals surface area contributed by atoms with Gasteiger partial charge in [0.2, 0.25) is 0 Å². The molecule has 0 heterocycles. The smallest absolute Gasteiger partial charge is 0.338 e. The third-order valence-corrected chi connectivity index (χ3v) is 3.32. The molecule has 0 radical (unpaired) electrons. The van der Waals surface area contributed by atoms with Crippen molar-refractivity contribution in [2.45, 2.75) is 20.5 Å². The number of benzene rings is 2. The Hall–Kier alpha value is -2.60. The van der Waals surface area contributed by atoms with E-state index in [4.69, 9.17) is 10.00 Å². The number of carbonyl (C=O) groups is 1. The lowest BCUT2D eigenvalue weighted by Gasteiger charge is -2.09. The van der Waals surface area contributed by atoms with Gasteiger partial charge < -0.3 is 4.74 Å². The van der Waals surface area contributed by atoms with Crippen LogP contribution in [0.3, 0.4) is 0 Å². The third kappa shape index (κ3) is 2.86. The zero-order chi connectivity index (χ0) is 14.5. The van der Waals surface area contributed by atoms with Crippen LogP contribution in [0.4, 0.5) is 0 Å². The van der Waals surface area contributed by atoms with Gasteiger partial charge >= 0.3 is 5.97 Å². The summed E-state index contributed by atoms with van der Waals surface area (Å²) < 4.78 is 5.30. The predicted octanol–water partition coefficient (Wildman–Crippen LogP) is 3.53. The standard InChI is InChI=1S/C17H15NO2/c1-12-6-5-9-16(13(12)2)17(19)20-11-15-8-4-3-7-14(15)10-18/h3-9H,11H2,1-2H3. The van der Waals surface area contributed by atoms with Crippen molar-refractivity contribution in [3.63, 3.8) is 0 Å². The summed E-state index contributed by atoms with van der Waals surface area (Å²) >= 11 is 0. The monoisotopic (exact) mass is 265 g/mol. The van der Waals surface area contributed by atoms with Crippen LogP contribution >= 0.6 is 0 Å². The first-order chi connectivity index (χ1) is 9.63. The van der Waals surface area contributed by atoms with Gasteiger partial charge in [-0.1, -0.05) is 30.3 Å². The number of nitriles is 1. The van der Waals surface area contributed by atoms with Gasteiger partial charge in [0.25, 0.3) is 0 Å². The van der Waals surface area contributed by atoms with Gasteiger partial charge in [-0.05, 0) is 37.1 Å². The molecule has 2 rings (SSSR count). The molecule has 0 amide bonds. The number of aryl methyl sites for hydroxylation is 1. The molecule has 3 heteroatoms. The predicted molar refractivity (Wildman–Crippen MR) is 76.2 cm³/mol. The Morgan fingerprint density at radius 1 is 1.15 bits per heavy atom. The second-order valence-corrected chi connectivity index (χ2v) is 4.59. The minimum Gasteiger partial charge on any atom is -0.457 e. The highest BCUT2D eigenvalue weighted by molar-refractivity contribution is 5.91. The van der Waals surface area contributed by atoms with Crippen molar-refractivity contribution in [3.8, 4) is 6.07 Å². The Kier molecular flexibility index (Phi) is 4.17. The minimum atomic E-state index is -0.362. The molecule has 0 aliphatic heterocycles. The van der Waals surface area contributed by atoms with Crippen LogP contribution < -0.4 is 0 Å². The van der Waals surface area contributed by atoms with E-state index in [0.717, 1.165) is 11.1 Å². The van der Waals surface area contributed by atoms with Crippen molar-refractivity contribution in [2.24, 2.45) is 0 Å². The summed E-state index contributed by atoms with van der Waals surface area (Å²) in [5.41, 5.74) is 3.79. The van der Waals surface area contributed by atoms with Gasteiger partial charge in [-0.25, -0.2) is 4.79 Å². The Morgan fingerprint density at radius 2 is 1.90 bits per heavy atom. The van der Waals surface area contributed by atoms with Gasteiger partial charge in [0.1, 0.15) is 6.61 Å². The Bertz CT molecular complexity index is 684. The largest absolute Gasteiger partial charge is 0.457 e. The van der Waals surface area contributed by atoms with Gasteiger partial charge in [0.05, 0.1) is 17.2 Å². The summed E-state index contributed by atoms with van der Waals surface area (Å²) in [7, 11) is 0. The van der Waals surface area contributed by atoms with Crippen LogP contribution in [0.25, 0.3) is 0 Å². The molecule has 0 unspecified atom stereocenters. The summed E-state index contributed by atoms with van der Waals surface area (Å²) in [6, 6.07) is 14.7. The molecule has 0 saturated heterocycles. The van der Waals surface area contributed by atoms with Crippen molar-refractivity contribution < 1.29 is 9.53 Å². The van der Waals surface area contributed by atoms with Crippen molar-refractivity contribution >= 4 is 5.97 Å². The molecule has 2 aromatic carbocycles. The highest BCUT2D eigenvalue weighted by Crippen LogP contribution is 2.15. The van der Waals surface area contributed by atoms with Crippen LogP contribution in [-0.2, 0) is 11.3 Å². The Morgan fingerprint density at radius 3 is 2.65 bits per heavy atom. The van der Waals surface area contributed by atoms with E-state index < -0.39 is 0 Å². The molecule has 0 fully saturated rings. The quantitative estimate of drug-likeness (QED) is 0.798. The number of ether oxygens (including phenoxy) is 1. The van der Waals surface area contributed by atoms with Crippen molar-refractivity contribution in [3.05, 3.63) is 70.3 Å². The van der Waals surface area contributed by atoms with Crippen LogP contribution in [0.1, 0.15) is 32.6 Å². The highest BCUT2D eigenvalue weighted by Gasteiger charge is 2.12. The molecule has 2 aromatic rings. The molecule has 0 saturated carbocycles. The van der Waals surface area contributed by atoms with Gasteiger partial charge in [0.15, 0.2) is 0 Å². The summed E-state index contributed by atoms with van der Waals surface area (Å²) in [4.78, 5) is 12.1. The van der Waals surface area contributed by atoms with Crippen LogP contribution in [0.2, 0.25) is 0 Å². The van der Waals surface area contributed by atoms with Gasteiger partial charge in [0, 0.05) is 5.56 Å². The number of nitrogens with zero attached hydrogens (tertiary/aromatic N) is 1. The van der Waals surface area contributed by atoms with Crippen LogP contribution in [0, 0.1) is 25.2 Å². The number of carbonyl (C=O) groups excluding carboxylic acids is 1.